The third kappa shape index (κ3) is 4.68. The van der Waals surface area contributed by atoms with Gasteiger partial charge in [0.2, 0.25) is 0 Å². The van der Waals surface area contributed by atoms with Crippen molar-refractivity contribution in [3.8, 4) is 0 Å². The molecule has 1 aliphatic heterocycles. The first-order valence-electron chi connectivity index (χ1n) is 8.04. The standard InChI is InChI=1S/C17H30N4/c1-6-15-13-21(10-9-20(15)5)16-11-14(7-8-18-16)12-19-17(2,3)4/h7-8,11,15,19H,6,9-10,12-13H2,1-5H3. The van der Waals surface area contributed by atoms with Crippen LogP contribution < -0.4 is 10.2 Å². The van der Waals surface area contributed by atoms with E-state index in [0.717, 1.165) is 32.0 Å². The third-order valence-corrected chi connectivity index (χ3v) is 4.21. The van der Waals surface area contributed by atoms with Crippen LogP contribution in [0.4, 0.5) is 5.82 Å². The van der Waals surface area contributed by atoms with Gasteiger partial charge in [-0.05, 0) is 51.9 Å². The van der Waals surface area contributed by atoms with Crippen LogP contribution in [0.15, 0.2) is 18.3 Å². The van der Waals surface area contributed by atoms with E-state index in [-0.39, 0.29) is 5.54 Å². The van der Waals surface area contributed by atoms with Gasteiger partial charge in [-0.25, -0.2) is 4.98 Å². The molecule has 0 aliphatic carbocycles. The lowest BCUT2D eigenvalue weighted by Gasteiger charge is -2.39. The molecule has 4 heteroatoms. The van der Waals surface area contributed by atoms with Crippen LogP contribution in [0.2, 0.25) is 0 Å². The van der Waals surface area contributed by atoms with E-state index in [1.807, 2.05) is 6.20 Å². The maximum atomic E-state index is 4.58. The fourth-order valence-electron chi connectivity index (χ4n) is 2.71. The molecule has 2 rings (SSSR count). The molecule has 1 saturated heterocycles. The Morgan fingerprint density at radius 3 is 2.76 bits per heavy atom. The molecule has 1 aromatic rings. The Labute approximate surface area is 129 Å². The number of rotatable bonds is 4. The summed E-state index contributed by atoms with van der Waals surface area (Å²) in [6, 6.07) is 4.98. The van der Waals surface area contributed by atoms with Crippen molar-refractivity contribution in [3.63, 3.8) is 0 Å². The fourth-order valence-corrected chi connectivity index (χ4v) is 2.71. The minimum absolute atomic E-state index is 0.143. The lowest BCUT2D eigenvalue weighted by Crippen LogP contribution is -2.51. The van der Waals surface area contributed by atoms with E-state index in [1.54, 1.807) is 0 Å². The predicted octanol–water partition coefficient (Wildman–Crippen LogP) is 2.50. The van der Waals surface area contributed by atoms with Gasteiger partial charge in [-0.3, -0.25) is 4.90 Å². The van der Waals surface area contributed by atoms with E-state index >= 15 is 0 Å². The zero-order valence-corrected chi connectivity index (χ0v) is 14.2. The highest BCUT2D eigenvalue weighted by Gasteiger charge is 2.23. The summed E-state index contributed by atoms with van der Waals surface area (Å²) in [5, 5.41) is 3.54. The lowest BCUT2D eigenvalue weighted by molar-refractivity contribution is 0.213. The van der Waals surface area contributed by atoms with E-state index in [4.69, 9.17) is 0 Å². The van der Waals surface area contributed by atoms with Crippen molar-refractivity contribution in [2.24, 2.45) is 0 Å². The maximum absolute atomic E-state index is 4.58. The average molecular weight is 290 g/mol. The van der Waals surface area contributed by atoms with Gasteiger partial charge in [-0.2, -0.15) is 0 Å². The molecule has 2 heterocycles. The molecule has 118 valence electrons. The van der Waals surface area contributed by atoms with Gasteiger partial charge in [0.25, 0.3) is 0 Å². The number of aromatic nitrogens is 1. The smallest absolute Gasteiger partial charge is 0.128 e. The summed E-state index contributed by atoms with van der Waals surface area (Å²) in [6.45, 7) is 13.0. The molecule has 0 aromatic carbocycles. The van der Waals surface area contributed by atoms with E-state index in [9.17, 15) is 0 Å². The van der Waals surface area contributed by atoms with Crippen LogP contribution in [0.3, 0.4) is 0 Å². The summed E-state index contributed by atoms with van der Waals surface area (Å²) in [6.07, 6.45) is 3.13. The van der Waals surface area contributed by atoms with Crippen LogP contribution in [0.25, 0.3) is 0 Å². The Kier molecular flexibility index (Phi) is 5.22. The molecule has 21 heavy (non-hydrogen) atoms. The molecule has 1 unspecified atom stereocenters. The average Bonchev–Trinajstić information content (AvgIpc) is 2.45. The Balaban J connectivity index is 2.03. The molecular weight excluding hydrogens is 260 g/mol. The first kappa shape index (κ1) is 16.2. The molecule has 0 spiro atoms. The number of nitrogens with zero attached hydrogens (tertiary/aromatic N) is 3. The molecule has 4 nitrogen and oxygen atoms in total. The van der Waals surface area contributed by atoms with Crippen molar-refractivity contribution in [2.45, 2.75) is 52.2 Å². The summed E-state index contributed by atoms with van der Waals surface area (Å²) in [5.74, 6) is 1.12. The highest BCUT2D eigenvalue weighted by Crippen LogP contribution is 2.19. The molecular formula is C17H30N4. The van der Waals surface area contributed by atoms with Gasteiger partial charge in [-0.15, -0.1) is 0 Å². The predicted molar refractivity (Wildman–Crippen MR) is 89.8 cm³/mol. The monoisotopic (exact) mass is 290 g/mol. The van der Waals surface area contributed by atoms with Crippen molar-refractivity contribution in [1.82, 2.24) is 15.2 Å². The number of anilines is 1. The molecule has 1 aliphatic rings. The van der Waals surface area contributed by atoms with Gasteiger partial charge < -0.3 is 10.2 Å². The highest BCUT2D eigenvalue weighted by molar-refractivity contribution is 5.42. The summed E-state index contributed by atoms with van der Waals surface area (Å²) in [5.41, 5.74) is 1.45. The number of hydrogen-bond donors (Lipinski definition) is 1. The van der Waals surface area contributed by atoms with E-state index < -0.39 is 0 Å². The second-order valence-electron chi connectivity index (χ2n) is 7.11. The summed E-state index contributed by atoms with van der Waals surface area (Å²) >= 11 is 0. The Morgan fingerprint density at radius 1 is 1.33 bits per heavy atom. The van der Waals surface area contributed by atoms with E-state index in [0.29, 0.717) is 6.04 Å². The molecule has 0 bridgehead atoms. The van der Waals surface area contributed by atoms with Crippen molar-refractivity contribution in [2.75, 3.05) is 31.6 Å². The molecule has 0 radical (unpaired) electrons. The second kappa shape index (κ2) is 6.75. The van der Waals surface area contributed by atoms with E-state index in [2.05, 4.69) is 67.0 Å². The Bertz CT molecular complexity index is 452. The normalized spacial score (nSPS) is 20.8. The number of piperazine rings is 1. The highest BCUT2D eigenvalue weighted by atomic mass is 15.3. The maximum Gasteiger partial charge on any atom is 0.128 e. The number of hydrogen-bond acceptors (Lipinski definition) is 4. The molecule has 1 fully saturated rings. The molecule has 0 saturated carbocycles. The fraction of sp³-hybridized carbons (Fsp3) is 0.706. The zero-order chi connectivity index (χ0) is 15.5. The SMILES string of the molecule is CCC1CN(c2cc(CNC(C)(C)C)ccn2)CCN1C. The van der Waals surface area contributed by atoms with Crippen LogP contribution in [0, 0.1) is 0 Å². The van der Waals surface area contributed by atoms with E-state index in [1.165, 1.54) is 12.0 Å². The molecule has 1 atom stereocenters. The van der Waals surface area contributed by atoms with Crippen molar-refractivity contribution in [1.29, 1.82) is 0 Å². The molecule has 1 N–H and O–H groups in total. The van der Waals surface area contributed by atoms with Gasteiger partial charge in [0.15, 0.2) is 0 Å². The summed E-state index contributed by atoms with van der Waals surface area (Å²) in [4.78, 5) is 9.47. The van der Waals surface area contributed by atoms with Crippen LogP contribution in [0.5, 0.6) is 0 Å². The van der Waals surface area contributed by atoms with Gasteiger partial charge in [0.05, 0.1) is 0 Å². The van der Waals surface area contributed by atoms with Crippen LogP contribution in [-0.2, 0) is 6.54 Å². The topological polar surface area (TPSA) is 31.4 Å². The van der Waals surface area contributed by atoms with Crippen molar-refractivity contribution in [3.05, 3.63) is 23.9 Å². The van der Waals surface area contributed by atoms with Crippen molar-refractivity contribution < 1.29 is 0 Å². The first-order valence-corrected chi connectivity index (χ1v) is 8.04. The van der Waals surface area contributed by atoms with Gasteiger partial charge in [0.1, 0.15) is 5.82 Å². The first-order chi connectivity index (χ1) is 9.89. The van der Waals surface area contributed by atoms with Crippen LogP contribution in [-0.4, -0.2) is 48.1 Å². The van der Waals surface area contributed by atoms with Gasteiger partial charge in [0, 0.05) is 44.0 Å². The quantitative estimate of drug-likeness (QED) is 0.923. The number of pyridine rings is 1. The minimum atomic E-state index is 0.143. The third-order valence-electron chi connectivity index (χ3n) is 4.21. The molecule has 0 amide bonds. The Hall–Kier alpha value is -1.13. The van der Waals surface area contributed by atoms with Gasteiger partial charge in [-0.1, -0.05) is 6.92 Å². The minimum Gasteiger partial charge on any atom is -0.354 e. The molecule has 1 aromatic heterocycles. The summed E-state index contributed by atoms with van der Waals surface area (Å²) in [7, 11) is 2.22. The van der Waals surface area contributed by atoms with Crippen LogP contribution >= 0.6 is 0 Å². The largest absolute Gasteiger partial charge is 0.354 e. The zero-order valence-electron chi connectivity index (χ0n) is 14.2. The summed E-state index contributed by atoms with van der Waals surface area (Å²) < 4.78 is 0. The number of nitrogens with one attached hydrogen (secondary N) is 1. The lowest BCUT2D eigenvalue weighted by atomic mass is 10.1. The van der Waals surface area contributed by atoms with Crippen molar-refractivity contribution >= 4 is 5.82 Å². The Morgan fingerprint density at radius 2 is 2.10 bits per heavy atom. The second-order valence-corrected chi connectivity index (χ2v) is 7.11. The van der Waals surface area contributed by atoms with Crippen LogP contribution in [0.1, 0.15) is 39.7 Å². The van der Waals surface area contributed by atoms with Gasteiger partial charge >= 0.3 is 0 Å². The number of likely N-dealkylation sites (N-methyl/N-ethyl adjacent to an activating group) is 1.